The molecule has 0 bridgehead atoms. The number of aryl methyl sites for hydroxylation is 1. The van der Waals surface area contributed by atoms with Gasteiger partial charge < -0.3 is 15.0 Å². The van der Waals surface area contributed by atoms with E-state index in [4.69, 9.17) is 4.74 Å². The number of nitrogens with zero attached hydrogens (tertiary/aromatic N) is 2. The average molecular weight is 478 g/mol. The van der Waals surface area contributed by atoms with Gasteiger partial charge in [0.25, 0.3) is 11.8 Å². The van der Waals surface area contributed by atoms with Crippen LogP contribution in [0.3, 0.4) is 0 Å². The van der Waals surface area contributed by atoms with Gasteiger partial charge in [-0.15, -0.1) is 11.3 Å². The zero-order chi connectivity index (χ0) is 23.4. The molecule has 0 unspecified atom stereocenters. The molecule has 6 rings (SSSR count). The third-order valence-electron chi connectivity index (χ3n) is 7.05. The number of benzene rings is 2. The number of fused-ring (bicyclic) bond motifs is 2. The molecule has 3 heterocycles. The number of amides is 2. The Hall–Kier alpha value is -3.26. The van der Waals surface area contributed by atoms with E-state index in [1.165, 1.54) is 23.5 Å². The summed E-state index contributed by atoms with van der Waals surface area (Å²) < 4.78 is 19.4. The summed E-state index contributed by atoms with van der Waals surface area (Å²) in [6, 6.07) is 11.7. The van der Waals surface area contributed by atoms with E-state index in [0.717, 1.165) is 29.2 Å². The predicted molar refractivity (Wildman–Crippen MR) is 127 cm³/mol. The van der Waals surface area contributed by atoms with Crippen molar-refractivity contribution >= 4 is 23.2 Å². The van der Waals surface area contributed by atoms with Crippen LogP contribution in [0.4, 0.5) is 4.39 Å². The Bertz CT molecular complexity index is 1310. The third kappa shape index (κ3) is 3.66. The van der Waals surface area contributed by atoms with Crippen LogP contribution in [-0.4, -0.2) is 47.4 Å². The quantitative estimate of drug-likeness (QED) is 0.601. The van der Waals surface area contributed by atoms with Gasteiger partial charge in [0.15, 0.2) is 0 Å². The second kappa shape index (κ2) is 8.20. The lowest BCUT2D eigenvalue weighted by molar-refractivity contribution is 0.0690. The van der Waals surface area contributed by atoms with Crippen LogP contribution in [0.2, 0.25) is 0 Å². The molecule has 1 aliphatic carbocycles. The number of piperidine rings is 1. The topological polar surface area (TPSA) is 71.5 Å². The molecule has 2 fully saturated rings. The first-order valence-electron chi connectivity index (χ1n) is 11.6. The first-order chi connectivity index (χ1) is 16.5. The van der Waals surface area contributed by atoms with Crippen molar-refractivity contribution < 1.29 is 18.7 Å². The number of carbonyl (C=O) groups excluding carboxylic acids is 2. The minimum atomic E-state index is -0.345. The molecule has 1 aromatic heterocycles. The Morgan fingerprint density at radius 1 is 1.26 bits per heavy atom. The predicted octanol–water partition coefficient (Wildman–Crippen LogP) is 4.08. The highest BCUT2D eigenvalue weighted by Crippen LogP contribution is 2.50. The minimum absolute atomic E-state index is 0.0724. The van der Waals surface area contributed by atoms with E-state index in [2.05, 4.69) is 10.3 Å². The van der Waals surface area contributed by atoms with E-state index >= 15 is 0 Å². The van der Waals surface area contributed by atoms with E-state index in [9.17, 15) is 14.0 Å². The molecule has 3 aromatic rings. The summed E-state index contributed by atoms with van der Waals surface area (Å²) in [6.07, 6.45) is 1.80. The lowest BCUT2D eigenvalue weighted by Gasteiger charge is -2.27. The van der Waals surface area contributed by atoms with Crippen molar-refractivity contribution in [3.05, 3.63) is 70.1 Å². The lowest BCUT2D eigenvalue weighted by atomic mass is 10.0. The Labute approximate surface area is 200 Å². The van der Waals surface area contributed by atoms with E-state index < -0.39 is 0 Å². The van der Waals surface area contributed by atoms with Crippen molar-refractivity contribution in [2.75, 3.05) is 19.7 Å². The van der Waals surface area contributed by atoms with Crippen molar-refractivity contribution in [3.8, 4) is 16.2 Å². The van der Waals surface area contributed by atoms with Gasteiger partial charge in [0.05, 0.1) is 22.5 Å². The second-order valence-corrected chi connectivity index (χ2v) is 10.4. The minimum Gasteiger partial charge on any atom is -0.493 e. The zero-order valence-electron chi connectivity index (χ0n) is 18.7. The average Bonchev–Trinajstić information content (AvgIpc) is 3.16. The van der Waals surface area contributed by atoms with Crippen LogP contribution in [0.1, 0.15) is 37.8 Å². The number of halogens is 1. The van der Waals surface area contributed by atoms with Gasteiger partial charge in [0.1, 0.15) is 17.3 Å². The number of nitrogens with one attached hydrogen (secondary N) is 1. The zero-order valence-corrected chi connectivity index (χ0v) is 19.5. The second-order valence-electron chi connectivity index (χ2n) is 9.20. The number of thiazole rings is 1. The van der Waals surface area contributed by atoms with Crippen LogP contribution in [0.5, 0.6) is 5.75 Å². The number of carbonyl (C=O) groups is 2. The van der Waals surface area contributed by atoms with E-state index in [0.29, 0.717) is 53.2 Å². The lowest BCUT2D eigenvalue weighted by Crippen LogP contribution is -2.45. The van der Waals surface area contributed by atoms with Crippen LogP contribution in [0.15, 0.2) is 42.5 Å². The molecule has 8 heteroatoms. The molecule has 1 saturated carbocycles. The molecule has 3 atom stereocenters. The summed E-state index contributed by atoms with van der Waals surface area (Å²) >= 11 is 1.40. The molecular weight excluding hydrogens is 453 g/mol. The standard InChI is InChI=1S/C26H24FN3O3S/c1-14-29-23(24(34-14)15-4-2-5-17(27)10-15)26(32)30-13-16-11-20(16)21(30)12-28-25(31)19-6-3-7-22-18(19)8-9-33-22/h2-7,10,16,20-21H,8-9,11-13H2,1H3,(H,28,31)/t16-,20-,21-/m1/s1. The number of rotatable bonds is 5. The van der Waals surface area contributed by atoms with E-state index in [-0.39, 0.29) is 23.7 Å². The maximum Gasteiger partial charge on any atom is 0.274 e. The SMILES string of the molecule is Cc1nc(C(=O)N2C[C@H]3C[C@H]3[C@H]2CNC(=O)c2cccc3c2CCO3)c(-c2cccc(F)c2)s1. The van der Waals surface area contributed by atoms with Crippen LogP contribution in [-0.2, 0) is 6.42 Å². The Morgan fingerprint density at radius 3 is 2.97 bits per heavy atom. The van der Waals surface area contributed by atoms with Crippen LogP contribution < -0.4 is 10.1 Å². The highest BCUT2D eigenvalue weighted by Gasteiger charge is 2.54. The molecule has 34 heavy (non-hydrogen) atoms. The highest BCUT2D eigenvalue weighted by atomic mass is 32.1. The first kappa shape index (κ1) is 21.3. The number of likely N-dealkylation sites (tertiary alicyclic amines) is 1. The molecule has 0 spiro atoms. The highest BCUT2D eigenvalue weighted by molar-refractivity contribution is 7.15. The van der Waals surface area contributed by atoms with Crippen molar-refractivity contribution in [2.24, 2.45) is 11.8 Å². The number of hydrogen-bond acceptors (Lipinski definition) is 5. The fourth-order valence-electron chi connectivity index (χ4n) is 5.33. The van der Waals surface area contributed by atoms with Crippen molar-refractivity contribution in [1.82, 2.24) is 15.2 Å². The normalized spacial score (nSPS) is 22.2. The molecule has 1 saturated heterocycles. The molecular formula is C26H24FN3O3S. The van der Waals surface area contributed by atoms with Gasteiger partial charge in [-0.3, -0.25) is 9.59 Å². The molecule has 0 radical (unpaired) electrons. The van der Waals surface area contributed by atoms with Crippen LogP contribution >= 0.6 is 11.3 Å². The van der Waals surface area contributed by atoms with Gasteiger partial charge >= 0.3 is 0 Å². The summed E-state index contributed by atoms with van der Waals surface area (Å²) in [7, 11) is 0. The van der Waals surface area contributed by atoms with Gasteiger partial charge in [0, 0.05) is 30.6 Å². The Kier molecular flexibility index (Phi) is 5.13. The molecule has 2 aliphatic heterocycles. The van der Waals surface area contributed by atoms with Gasteiger partial charge in [-0.05, 0) is 55.0 Å². The maximum atomic E-state index is 13.9. The van der Waals surface area contributed by atoms with Gasteiger partial charge in [0.2, 0.25) is 0 Å². The smallest absolute Gasteiger partial charge is 0.274 e. The van der Waals surface area contributed by atoms with Crippen molar-refractivity contribution in [1.29, 1.82) is 0 Å². The summed E-state index contributed by atoms with van der Waals surface area (Å²) in [6.45, 7) is 3.51. The van der Waals surface area contributed by atoms with Crippen LogP contribution in [0, 0.1) is 24.6 Å². The summed E-state index contributed by atoms with van der Waals surface area (Å²) in [5.41, 5.74) is 2.61. The summed E-state index contributed by atoms with van der Waals surface area (Å²) in [5, 5.41) is 3.83. The number of hydrogen-bond donors (Lipinski definition) is 1. The molecule has 1 N–H and O–H groups in total. The van der Waals surface area contributed by atoms with E-state index in [1.807, 2.05) is 30.0 Å². The third-order valence-corrected chi connectivity index (χ3v) is 8.07. The van der Waals surface area contributed by atoms with Gasteiger partial charge in [-0.1, -0.05) is 18.2 Å². The van der Waals surface area contributed by atoms with Gasteiger partial charge in [-0.25, -0.2) is 9.37 Å². The van der Waals surface area contributed by atoms with Crippen molar-refractivity contribution in [2.45, 2.75) is 25.8 Å². The Balaban J connectivity index is 1.22. The Morgan fingerprint density at radius 2 is 2.12 bits per heavy atom. The molecule has 174 valence electrons. The number of aromatic nitrogens is 1. The van der Waals surface area contributed by atoms with E-state index in [1.54, 1.807) is 12.1 Å². The maximum absolute atomic E-state index is 13.9. The molecule has 2 amide bonds. The largest absolute Gasteiger partial charge is 0.493 e. The molecule has 6 nitrogen and oxygen atoms in total. The van der Waals surface area contributed by atoms with Crippen LogP contribution in [0.25, 0.3) is 10.4 Å². The molecule has 3 aliphatic rings. The fourth-order valence-corrected chi connectivity index (χ4v) is 6.23. The first-order valence-corrected chi connectivity index (χ1v) is 12.4. The summed E-state index contributed by atoms with van der Waals surface area (Å²) in [5.74, 6) is 1.01. The molecule has 2 aromatic carbocycles. The fraction of sp³-hybridized carbons (Fsp3) is 0.346. The number of ether oxygens (including phenoxy) is 1. The summed E-state index contributed by atoms with van der Waals surface area (Å²) in [4.78, 5) is 33.7. The monoisotopic (exact) mass is 477 g/mol. The van der Waals surface area contributed by atoms with Gasteiger partial charge in [-0.2, -0.15) is 0 Å². The van der Waals surface area contributed by atoms with Crippen molar-refractivity contribution in [3.63, 3.8) is 0 Å².